The summed E-state index contributed by atoms with van der Waals surface area (Å²) in [6.45, 7) is 2.55. The Morgan fingerprint density at radius 1 is 1.12 bits per heavy atom. The van der Waals surface area contributed by atoms with Crippen molar-refractivity contribution < 1.29 is 0 Å². The van der Waals surface area contributed by atoms with Crippen molar-refractivity contribution in [3.63, 3.8) is 0 Å². The van der Waals surface area contributed by atoms with E-state index < -0.39 is 0 Å². The summed E-state index contributed by atoms with van der Waals surface area (Å²) in [5.41, 5.74) is 3.76. The molecule has 0 N–H and O–H groups in total. The average Bonchev–Trinajstić information content (AvgIpc) is 2.30. The van der Waals surface area contributed by atoms with E-state index in [1.165, 1.54) is 45.2 Å². The maximum Gasteiger partial charge on any atom is 0.00835 e. The minimum absolute atomic E-state index is 0. The summed E-state index contributed by atoms with van der Waals surface area (Å²) >= 11 is 0. The number of fused-ring (bicyclic) bond motifs is 2. The standard InChI is InChI=1S/C15H21N.ClH/c1-16-11-5-10-15(12-16)9-4-7-13-6-2-3-8-14(13)15;/h2-3,6,8H,4-5,7,9-12H2,1H3;1H. The third kappa shape index (κ3) is 2.23. The van der Waals surface area contributed by atoms with Gasteiger partial charge in [0.15, 0.2) is 0 Å². The van der Waals surface area contributed by atoms with E-state index in [-0.39, 0.29) is 12.4 Å². The molecule has 3 rings (SSSR count). The second-order valence-corrected chi connectivity index (χ2v) is 5.63. The van der Waals surface area contributed by atoms with Crippen molar-refractivity contribution in [3.8, 4) is 0 Å². The molecule has 1 atom stereocenters. The highest BCUT2D eigenvalue weighted by Crippen LogP contribution is 2.43. The molecule has 0 saturated carbocycles. The van der Waals surface area contributed by atoms with Crippen molar-refractivity contribution in [1.82, 2.24) is 4.90 Å². The zero-order valence-electron chi connectivity index (χ0n) is 10.6. The SMILES string of the molecule is CN1CCCC2(CCCc3ccccc32)C1.Cl. The fourth-order valence-electron chi connectivity index (χ4n) is 3.79. The predicted molar refractivity (Wildman–Crippen MR) is 75.0 cm³/mol. The summed E-state index contributed by atoms with van der Waals surface area (Å²) in [7, 11) is 2.28. The van der Waals surface area contributed by atoms with E-state index in [0.29, 0.717) is 5.41 Å². The molecule has 94 valence electrons. The second-order valence-electron chi connectivity index (χ2n) is 5.63. The summed E-state index contributed by atoms with van der Waals surface area (Å²) in [6.07, 6.45) is 6.83. The Hall–Kier alpha value is -0.530. The van der Waals surface area contributed by atoms with Crippen LogP contribution in [-0.2, 0) is 11.8 Å². The molecule has 1 heterocycles. The van der Waals surface area contributed by atoms with Crippen molar-refractivity contribution in [3.05, 3.63) is 35.4 Å². The quantitative estimate of drug-likeness (QED) is 0.683. The topological polar surface area (TPSA) is 3.24 Å². The smallest absolute Gasteiger partial charge is 0.00835 e. The van der Waals surface area contributed by atoms with Gasteiger partial charge in [-0.2, -0.15) is 0 Å². The molecule has 17 heavy (non-hydrogen) atoms. The third-order valence-corrected chi connectivity index (χ3v) is 4.46. The molecule has 0 aromatic heterocycles. The summed E-state index contributed by atoms with van der Waals surface area (Å²) < 4.78 is 0. The van der Waals surface area contributed by atoms with E-state index in [2.05, 4.69) is 36.2 Å². The Morgan fingerprint density at radius 3 is 2.71 bits per heavy atom. The molecule has 1 unspecified atom stereocenters. The van der Waals surface area contributed by atoms with Crippen molar-refractivity contribution in [2.24, 2.45) is 0 Å². The monoisotopic (exact) mass is 251 g/mol. The number of nitrogens with zero attached hydrogens (tertiary/aromatic N) is 1. The number of likely N-dealkylation sites (N-methyl/N-ethyl adjacent to an activating group) is 1. The van der Waals surface area contributed by atoms with Crippen molar-refractivity contribution in [1.29, 1.82) is 0 Å². The molecular weight excluding hydrogens is 230 g/mol. The second kappa shape index (κ2) is 4.99. The van der Waals surface area contributed by atoms with Crippen LogP contribution in [0.3, 0.4) is 0 Å². The predicted octanol–water partition coefficient (Wildman–Crippen LogP) is 3.41. The van der Waals surface area contributed by atoms with Gasteiger partial charge in [-0.05, 0) is 56.8 Å². The first-order chi connectivity index (χ1) is 7.80. The molecule has 1 nitrogen and oxygen atoms in total. The van der Waals surface area contributed by atoms with Gasteiger partial charge in [-0.15, -0.1) is 12.4 Å². The van der Waals surface area contributed by atoms with Crippen LogP contribution < -0.4 is 0 Å². The normalized spacial score (nSPS) is 28.5. The Balaban J connectivity index is 0.00000108. The van der Waals surface area contributed by atoms with Crippen LogP contribution in [-0.4, -0.2) is 25.0 Å². The molecular formula is C15H22ClN. The Labute approximate surface area is 111 Å². The minimum Gasteiger partial charge on any atom is -0.305 e. The Kier molecular flexibility index (Phi) is 3.79. The van der Waals surface area contributed by atoms with Gasteiger partial charge in [0.05, 0.1) is 0 Å². The highest BCUT2D eigenvalue weighted by atomic mass is 35.5. The van der Waals surface area contributed by atoms with Crippen LogP contribution in [0.25, 0.3) is 0 Å². The Bertz CT molecular complexity index is 390. The molecule has 0 bridgehead atoms. The molecule has 1 saturated heterocycles. The van der Waals surface area contributed by atoms with Crippen LogP contribution in [0.2, 0.25) is 0 Å². The number of rotatable bonds is 0. The van der Waals surface area contributed by atoms with Crippen molar-refractivity contribution in [2.45, 2.75) is 37.5 Å². The molecule has 2 heteroatoms. The molecule has 2 aliphatic rings. The average molecular weight is 252 g/mol. The van der Waals surface area contributed by atoms with Crippen molar-refractivity contribution >= 4 is 12.4 Å². The lowest BCUT2D eigenvalue weighted by Crippen LogP contribution is -2.46. The van der Waals surface area contributed by atoms with Crippen LogP contribution in [0.5, 0.6) is 0 Å². The first-order valence-electron chi connectivity index (χ1n) is 6.57. The fourth-order valence-corrected chi connectivity index (χ4v) is 3.79. The molecule has 1 aliphatic heterocycles. The first-order valence-corrected chi connectivity index (χ1v) is 6.57. The van der Waals surface area contributed by atoms with E-state index in [9.17, 15) is 0 Å². The number of piperidine rings is 1. The largest absolute Gasteiger partial charge is 0.305 e. The lowest BCUT2D eigenvalue weighted by atomic mass is 9.66. The summed E-state index contributed by atoms with van der Waals surface area (Å²) in [5, 5.41) is 0. The number of hydrogen-bond acceptors (Lipinski definition) is 1. The third-order valence-electron chi connectivity index (χ3n) is 4.46. The number of aryl methyl sites for hydroxylation is 1. The van der Waals surface area contributed by atoms with Gasteiger partial charge in [0, 0.05) is 12.0 Å². The van der Waals surface area contributed by atoms with E-state index in [1.807, 2.05) is 0 Å². The van der Waals surface area contributed by atoms with Gasteiger partial charge >= 0.3 is 0 Å². The minimum atomic E-state index is 0. The van der Waals surface area contributed by atoms with Gasteiger partial charge in [-0.25, -0.2) is 0 Å². The van der Waals surface area contributed by atoms with Gasteiger partial charge < -0.3 is 4.90 Å². The number of hydrogen-bond donors (Lipinski definition) is 0. The molecule has 1 aromatic carbocycles. The summed E-state index contributed by atoms with van der Waals surface area (Å²) in [6, 6.07) is 9.14. The van der Waals surface area contributed by atoms with Crippen LogP contribution in [0, 0.1) is 0 Å². The van der Waals surface area contributed by atoms with Crippen LogP contribution in [0.15, 0.2) is 24.3 Å². The number of halogens is 1. The molecule has 0 radical (unpaired) electrons. The lowest BCUT2D eigenvalue weighted by molar-refractivity contribution is 0.157. The molecule has 0 amide bonds. The van der Waals surface area contributed by atoms with E-state index >= 15 is 0 Å². The maximum atomic E-state index is 2.52. The zero-order valence-corrected chi connectivity index (χ0v) is 11.4. The van der Waals surface area contributed by atoms with Crippen LogP contribution in [0.1, 0.15) is 36.8 Å². The van der Waals surface area contributed by atoms with Gasteiger partial charge in [0.1, 0.15) is 0 Å². The zero-order chi connectivity index (χ0) is 11.0. The summed E-state index contributed by atoms with van der Waals surface area (Å²) in [5.74, 6) is 0. The van der Waals surface area contributed by atoms with E-state index in [0.717, 1.165) is 0 Å². The molecule has 1 aromatic rings. The molecule has 1 fully saturated rings. The fraction of sp³-hybridized carbons (Fsp3) is 0.600. The molecule has 1 spiro atoms. The lowest BCUT2D eigenvalue weighted by Gasteiger charge is -2.45. The first kappa shape index (κ1) is 12.9. The summed E-state index contributed by atoms with van der Waals surface area (Å²) in [4.78, 5) is 2.52. The van der Waals surface area contributed by atoms with E-state index in [4.69, 9.17) is 0 Å². The highest BCUT2D eigenvalue weighted by Gasteiger charge is 2.38. The number of benzene rings is 1. The van der Waals surface area contributed by atoms with Gasteiger partial charge in [0.25, 0.3) is 0 Å². The highest BCUT2D eigenvalue weighted by molar-refractivity contribution is 5.85. The van der Waals surface area contributed by atoms with E-state index in [1.54, 1.807) is 11.1 Å². The van der Waals surface area contributed by atoms with Gasteiger partial charge in [0.2, 0.25) is 0 Å². The van der Waals surface area contributed by atoms with Crippen molar-refractivity contribution in [2.75, 3.05) is 20.1 Å². The van der Waals surface area contributed by atoms with Crippen LogP contribution >= 0.6 is 12.4 Å². The number of likely N-dealkylation sites (tertiary alicyclic amines) is 1. The van der Waals surface area contributed by atoms with Crippen LogP contribution in [0.4, 0.5) is 0 Å². The maximum absolute atomic E-state index is 2.52. The Morgan fingerprint density at radius 2 is 1.88 bits per heavy atom. The van der Waals surface area contributed by atoms with Gasteiger partial charge in [-0.1, -0.05) is 24.3 Å². The molecule has 1 aliphatic carbocycles. The van der Waals surface area contributed by atoms with Gasteiger partial charge in [-0.3, -0.25) is 0 Å².